The Morgan fingerprint density at radius 3 is 3.00 bits per heavy atom. The first-order chi connectivity index (χ1) is 9.70. The van der Waals surface area contributed by atoms with Gasteiger partial charge in [0.25, 0.3) is 0 Å². The topological polar surface area (TPSA) is 67.5 Å². The summed E-state index contributed by atoms with van der Waals surface area (Å²) in [4.78, 5) is 0. The Hall–Kier alpha value is -1.52. The average Bonchev–Trinajstić information content (AvgIpc) is 2.48. The predicted octanol–water partition coefficient (Wildman–Crippen LogP) is 1.90. The number of aliphatic hydroxyl groups excluding tert-OH is 1. The Morgan fingerprint density at radius 1 is 1.50 bits per heavy atom. The molecular weight excluding hydrogens is 252 g/mol. The van der Waals surface area contributed by atoms with Crippen LogP contribution < -0.4 is 11.1 Å². The summed E-state index contributed by atoms with van der Waals surface area (Å²) in [5.41, 5.74) is 9.78. The van der Waals surface area contributed by atoms with Crippen LogP contribution in [0.4, 0.5) is 0 Å². The van der Waals surface area contributed by atoms with Crippen LogP contribution >= 0.6 is 0 Å². The molecule has 4 nitrogen and oxygen atoms in total. The lowest BCUT2D eigenvalue weighted by atomic mass is 10.0. The van der Waals surface area contributed by atoms with Gasteiger partial charge in [0, 0.05) is 24.9 Å². The van der Waals surface area contributed by atoms with Gasteiger partial charge in [-0.25, -0.2) is 0 Å². The van der Waals surface area contributed by atoms with Crippen LogP contribution in [-0.4, -0.2) is 24.4 Å². The maximum Gasteiger partial charge on any atom is 0.0747 e. The van der Waals surface area contributed by atoms with E-state index in [9.17, 15) is 0 Å². The normalized spacial score (nSPS) is 19.9. The molecule has 1 aliphatic rings. The van der Waals surface area contributed by atoms with Gasteiger partial charge in [0.1, 0.15) is 0 Å². The molecule has 1 atom stereocenters. The minimum absolute atomic E-state index is 0.0575. The van der Waals surface area contributed by atoms with Crippen molar-refractivity contribution in [2.45, 2.75) is 38.9 Å². The summed E-state index contributed by atoms with van der Waals surface area (Å²) in [6.45, 7) is 3.73. The van der Waals surface area contributed by atoms with Gasteiger partial charge in [-0.3, -0.25) is 0 Å². The highest BCUT2D eigenvalue weighted by atomic mass is 16.5. The van der Waals surface area contributed by atoms with Gasteiger partial charge in [-0.15, -0.1) is 0 Å². The lowest BCUT2D eigenvalue weighted by molar-refractivity contribution is 0.0188. The second-order valence-corrected chi connectivity index (χ2v) is 5.30. The lowest BCUT2D eigenvalue weighted by Crippen LogP contribution is -2.29. The van der Waals surface area contributed by atoms with Crippen LogP contribution in [0.5, 0.6) is 0 Å². The molecule has 0 spiro atoms. The highest BCUT2D eigenvalue weighted by Crippen LogP contribution is 2.16. The number of hydrogen-bond acceptors (Lipinski definition) is 4. The van der Waals surface area contributed by atoms with E-state index in [4.69, 9.17) is 15.6 Å². The van der Waals surface area contributed by atoms with Crippen molar-refractivity contribution in [2.75, 3.05) is 13.2 Å². The number of ether oxygens (including phenoxy) is 1. The Bertz CT molecular complexity index is 466. The SMILES string of the molecule is Cc1cc(CO)ccc1/C(N)=C/NCC1CCCCO1. The first-order valence-electron chi connectivity index (χ1n) is 7.22. The zero-order valence-corrected chi connectivity index (χ0v) is 12.1. The minimum atomic E-state index is 0.0575. The van der Waals surface area contributed by atoms with E-state index < -0.39 is 0 Å². The molecule has 2 rings (SSSR count). The molecule has 1 fully saturated rings. The third kappa shape index (κ3) is 3.99. The summed E-state index contributed by atoms with van der Waals surface area (Å²) in [5.74, 6) is 0. The lowest BCUT2D eigenvalue weighted by Gasteiger charge is -2.22. The molecule has 1 aliphatic heterocycles. The van der Waals surface area contributed by atoms with Crippen LogP contribution in [0.3, 0.4) is 0 Å². The molecule has 1 aromatic rings. The van der Waals surface area contributed by atoms with Crippen molar-refractivity contribution in [1.82, 2.24) is 5.32 Å². The Labute approximate surface area is 120 Å². The van der Waals surface area contributed by atoms with E-state index in [0.29, 0.717) is 11.8 Å². The maximum absolute atomic E-state index is 9.11. The minimum Gasteiger partial charge on any atom is -0.397 e. The van der Waals surface area contributed by atoms with Gasteiger partial charge in [-0.05, 0) is 37.3 Å². The summed E-state index contributed by atoms with van der Waals surface area (Å²) < 4.78 is 5.66. The van der Waals surface area contributed by atoms with Gasteiger partial charge in [0.05, 0.1) is 18.4 Å². The summed E-state index contributed by atoms with van der Waals surface area (Å²) in [6, 6.07) is 5.80. The molecule has 0 saturated carbocycles. The van der Waals surface area contributed by atoms with Crippen molar-refractivity contribution in [2.24, 2.45) is 5.73 Å². The molecule has 4 N–H and O–H groups in total. The molecule has 0 bridgehead atoms. The number of nitrogens with one attached hydrogen (secondary N) is 1. The number of hydrogen-bond donors (Lipinski definition) is 3. The van der Waals surface area contributed by atoms with E-state index in [0.717, 1.165) is 36.3 Å². The third-order valence-electron chi connectivity index (χ3n) is 3.66. The molecule has 0 radical (unpaired) electrons. The summed E-state index contributed by atoms with van der Waals surface area (Å²) in [7, 11) is 0. The second kappa shape index (κ2) is 7.31. The van der Waals surface area contributed by atoms with Crippen molar-refractivity contribution in [3.63, 3.8) is 0 Å². The van der Waals surface area contributed by atoms with E-state index >= 15 is 0 Å². The van der Waals surface area contributed by atoms with E-state index in [1.165, 1.54) is 12.8 Å². The molecule has 110 valence electrons. The van der Waals surface area contributed by atoms with Gasteiger partial charge in [0.2, 0.25) is 0 Å². The first-order valence-corrected chi connectivity index (χ1v) is 7.22. The summed E-state index contributed by atoms with van der Waals surface area (Å²) >= 11 is 0. The quantitative estimate of drug-likeness (QED) is 0.768. The van der Waals surface area contributed by atoms with Crippen LogP contribution in [0.2, 0.25) is 0 Å². The van der Waals surface area contributed by atoms with Gasteiger partial charge in [0.15, 0.2) is 0 Å². The summed E-state index contributed by atoms with van der Waals surface area (Å²) in [6.07, 6.45) is 5.67. The van der Waals surface area contributed by atoms with Crippen molar-refractivity contribution in [3.05, 3.63) is 41.1 Å². The standard InChI is InChI=1S/C16H24N2O2/c1-12-8-13(11-19)5-6-15(12)16(17)10-18-9-14-4-2-3-7-20-14/h5-6,8,10,14,18-19H,2-4,7,9,11,17H2,1H3/b16-10-. The molecule has 0 aromatic heterocycles. The zero-order chi connectivity index (χ0) is 14.4. The highest BCUT2D eigenvalue weighted by molar-refractivity contribution is 5.65. The second-order valence-electron chi connectivity index (χ2n) is 5.30. The molecule has 0 aliphatic carbocycles. The number of benzene rings is 1. The van der Waals surface area contributed by atoms with E-state index in [1.807, 2.05) is 31.3 Å². The predicted molar refractivity (Wildman–Crippen MR) is 80.9 cm³/mol. The van der Waals surface area contributed by atoms with Crippen LogP contribution in [-0.2, 0) is 11.3 Å². The fourth-order valence-electron chi connectivity index (χ4n) is 2.49. The largest absolute Gasteiger partial charge is 0.397 e. The average molecular weight is 276 g/mol. The molecule has 1 unspecified atom stereocenters. The van der Waals surface area contributed by atoms with Gasteiger partial charge >= 0.3 is 0 Å². The van der Waals surface area contributed by atoms with Gasteiger partial charge in [-0.2, -0.15) is 0 Å². The van der Waals surface area contributed by atoms with E-state index in [1.54, 1.807) is 0 Å². The maximum atomic E-state index is 9.11. The van der Waals surface area contributed by atoms with Crippen LogP contribution in [0.15, 0.2) is 24.4 Å². The van der Waals surface area contributed by atoms with Gasteiger partial charge in [-0.1, -0.05) is 18.2 Å². The number of aryl methyl sites for hydroxylation is 1. The zero-order valence-electron chi connectivity index (χ0n) is 12.1. The fraction of sp³-hybridized carbons (Fsp3) is 0.500. The first kappa shape index (κ1) is 14.9. The Balaban J connectivity index is 1.92. The van der Waals surface area contributed by atoms with Crippen LogP contribution in [0.25, 0.3) is 5.70 Å². The Kier molecular flexibility index (Phi) is 5.44. The number of rotatable bonds is 5. The fourth-order valence-corrected chi connectivity index (χ4v) is 2.49. The molecule has 20 heavy (non-hydrogen) atoms. The third-order valence-corrected chi connectivity index (χ3v) is 3.66. The van der Waals surface area contributed by atoms with Gasteiger partial charge < -0.3 is 20.9 Å². The Morgan fingerprint density at radius 2 is 2.35 bits per heavy atom. The molecule has 1 saturated heterocycles. The van der Waals surface area contributed by atoms with Crippen molar-refractivity contribution in [1.29, 1.82) is 0 Å². The molecule has 1 aromatic carbocycles. The number of aliphatic hydroxyl groups is 1. The molecule has 0 amide bonds. The van der Waals surface area contributed by atoms with E-state index in [-0.39, 0.29) is 6.61 Å². The molecular formula is C16H24N2O2. The monoisotopic (exact) mass is 276 g/mol. The number of nitrogens with two attached hydrogens (primary N) is 1. The van der Waals surface area contributed by atoms with Crippen molar-refractivity contribution >= 4 is 5.70 Å². The van der Waals surface area contributed by atoms with Crippen molar-refractivity contribution in [3.8, 4) is 0 Å². The molecule has 4 heteroatoms. The molecule has 1 heterocycles. The van der Waals surface area contributed by atoms with Crippen LogP contribution in [0, 0.1) is 6.92 Å². The van der Waals surface area contributed by atoms with E-state index in [2.05, 4.69) is 5.32 Å². The smallest absolute Gasteiger partial charge is 0.0747 e. The van der Waals surface area contributed by atoms with Crippen LogP contribution in [0.1, 0.15) is 36.0 Å². The van der Waals surface area contributed by atoms with Crippen molar-refractivity contribution < 1.29 is 9.84 Å². The highest BCUT2D eigenvalue weighted by Gasteiger charge is 2.12. The summed E-state index contributed by atoms with van der Waals surface area (Å²) in [5, 5.41) is 12.4.